The number of hydrogen-bond acceptors (Lipinski definition) is 2. The molecule has 0 aromatic heterocycles. The highest BCUT2D eigenvalue weighted by molar-refractivity contribution is 9.10. The fourth-order valence-corrected chi connectivity index (χ4v) is 3.52. The first-order valence-corrected chi connectivity index (χ1v) is 9.03. The van der Waals surface area contributed by atoms with Gasteiger partial charge in [-0.25, -0.2) is 4.79 Å². The normalized spacial score (nSPS) is 21.3. The molecule has 3 amide bonds. The monoisotopic (exact) mass is 379 g/mol. The van der Waals surface area contributed by atoms with Gasteiger partial charge in [-0.1, -0.05) is 15.9 Å². The van der Waals surface area contributed by atoms with E-state index in [1.54, 1.807) is 0 Å². The molecule has 2 fully saturated rings. The Labute approximate surface area is 145 Å². The van der Waals surface area contributed by atoms with Crippen molar-refractivity contribution in [2.45, 2.75) is 25.7 Å². The van der Waals surface area contributed by atoms with Crippen molar-refractivity contribution in [3.8, 4) is 0 Å². The molecule has 2 aliphatic heterocycles. The van der Waals surface area contributed by atoms with Gasteiger partial charge in [-0.15, -0.1) is 0 Å². The molecule has 5 nitrogen and oxygen atoms in total. The summed E-state index contributed by atoms with van der Waals surface area (Å²) in [6, 6.07) is 7.65. The molecule has 124 valence electrons. The Bertz CT molecular complexity index is 570. The maximum absolute atomic E-state index is 12.5. The molecule has 0 unspecified atom stereocenters. The van der Waals surface area contributed by atoms with Gasteiger partial charge in [0.2, 0.25) is 5.91 Å². The second kappa shape index (κ2) is 7.34. The number of hydrogen-bond donors (Lipinski definition) is 1. The molecule has 1 N–H and O–H groups in total. The van der Waals surface area contributed by atoms with E-state index in [-0.39, 0.29) is 17.9 Å². The molecule has 0 saturated carbocycles. The van der Waals surface area contributed by atoms with Gasteiger partial charge in [0.1, 0.15) is 0 Å². The summed E-state index contributed by atoms with van der Waals surface area (Å²) in [5.74, 6) is -0.120. The molecule has 0 bridgehead atoms. The molecule has 1 aromatic carbocycles. The van der Waals surface area contributed by atoms with E-state index in [1.807, 2.05) is 34.1 Å². The lowest BCUT2D eigenvalue weighted by Crippen LogP contribution is -2.48. The fourth-order valence-electron chi connectivity index (χ4n) is 3.25. The second-order valence-electron chi connectivity index (χ2n) is 6.26. The Kier molecular flexibility index (Phi) is 5.20. The van der Waals surface area contributed by atoms with Crippen LogP contribution in [0.4, 0.5) is 10.5 Å². The molecular formula is C17H22BrN3O2. The molecule has 6 heteroatoms. The molecular weight excluding hydrogens is 358 g/mol. The number of carbonyl (C=O) groups excluding carboxylic acids is 2. The van der Waals surface area contributed by atoms with Crippen LogP contribution in [0.2, 0.25) is 0 Å². The highest BCUT2D eigenvalue weighted by atomic mass is 79.9. The number of urea groups is 1. The maximum atomic E-state index is 12.5. The lowest BCUT2D eigenvalue weighted by molar-refractivity contribution is -0.121. The van der Waals surface area contributed by atoms with Crippen molar-refractivity contribution in [1.82, 2.24) is 9.80 Å². The van der Waals surface area contributed by atoms with E-state index in [2.05, 4.69) is 21.2 Å². The molecule has 3 rings (SSSR count). The smallest absolute Gasteiger partial charge is 0.320 e. The van der Waals surface area contributed by atoms with Crippen molar-refractivity contribution < 1.29 is 9.59 Å². The molecule has 2 heterocycles. The minimum atomic E-state index is -0.126. The van der Waals surface area contributed by atoms with Gasteiger partial charge in [0.15, 0.2) is 0 Å². The van der Waals surface area contributed by atoms with E-state index in [1.165, 1.54) is 0 Å². The van der Waals surface area contributed by atoms with Crippen molar-refractivity contribution in [3.63, 3.8) is 0 Å². The molecule has 1 aromatic rings. The largest absolute Gasteiger partial charge is 0.326 e. The summed E-state index contributed by atoms with van der Waals surface area (Å²) >= 11 is 3.38. The van der Waals surface area contributed by atoms with E-state index >= 15 is 0 Å². The number of likely N-dealkylation sites (tertiary alicyclic amines) is 2. The molecule has 0 spiro atoms. The third-order valence-electron chi connectivity index (χ3n) is 4.55. The van der Waals surface area contributed by atoms with Gasteiger partial charge in [0.25, 0.3) is 0 Å². The van der Waals surface area contributed by atoms with Crippen LogP contribution >= 0.6 is 15.9 Å². The number of carbonyl (C=O) groups is 2. The van der Waals surface area contributed by atoms with Crippen LogP contribution in [0.15, 0.2) is 28.7 Å². The van der Waals surface area contributed by atoms with Gasteiger partial charge < -0.3 is 15.1 Å². The summed E-state index contributed by atoms with van der Waals surface area (Å²) < 4.78 is 0.982. The predicted octanol–water partition coefficient (Wildman–Crippen LogP) is 3.32. The van der Waals surface area contributed by atoms with Crippen LogP contribution in [0.1, 0.15) is 25.7 Å². The van der Waals surface area contributed by atoms with Crippen LogP contribution in [-0.4, -0.2) is 47.9 Å². The van der Waals surface area contributed by atoms with Crippen molar-refractivity contribution in [2.75, 3.05) is 31.5 Å². The summed E-state index contributed by atoms with van der Waals surface area (Å²) in [7, 11) is 0. The van der Waals surface area contributed by atoms with Crippen LogP contribution in [-0.2, 0) is 4.79 Å². The summed E-state index contributed by atoms with van der Waals surface area (Å²) in [6.07, 6.45) is 3.91. The summed E-state index contributed by atoms with van der Waals surface area (Å²) in [5.41, 5.74) is 0.793. The van der Waals surface area contributed by atoms with Crippen molar-refractivity contribution in [1.29, 1.82) is 0 Å². The van der Waals surface area contributed by atoms with Crippen LogP contribution in [0.5, 0.6) is 0 Å². The summed E-state index contributed by atoms with van der Waals surface area (Å²) in [5, 5.41) is 2.96. The average Bonchev–Trinajstić information content (AvgIpc) is 3.11. The first-order valence-electron chi connectivity index (χ1n) is 8.24. The van der Waals surface area contributed by atoms with E-state index < -0.39 is 0 Å². The highest BCUT2D eigenvalue weighted by Crippen LogP contribution is 2.22. The number of nitrogens with zero attached hydrogens (tertiary/aromatic N) is 2. The molecule has 23 heavy (non-hydrogen) atoms. The fraction of sp³-hybridized carbons (Fsp3) is 0.529. The topological polar surface area (TPSA) is 52.7 Å². The maximum Gasteiger partial charge on any atom is 0.320 e. The van der Waals surface area contributed by atoms with E-state index in [0.717, 1.165) is 55.5 Å². The zero-order valence-electron chi connectivity index (χ0n) is 13.1. The quantitative estimate of drug-likeness (QED) is 0.856. The first-order chi connectivity index (χ1) is 11.1. The van der Waals surface area contributed by atoms with Gasteiger partial charge in [0, 0.05) is 36.3 Å². The summed E-state index contributed by atoms with van der Waals surface area (Å²) in [4.78, 5) is 28.7. The lowest BCUT2D eigenvalue weighted by atomic mass is 9.97. The number of amides is 3. The Balaban J connectivity index is 1.57. The highest BCUT2D eigenvalue weighted by Gasteiger charge is 2.31. The lowest BCUT2D eigenvalue weighted by Gasteiger charge is -2.34. The second-order valence-corrected chi connectivity index (χ2v) is 7.17. The molecule has 2 saturated heterocycles. The molecule has 0 radical (unpaired) electrons. The van der Waals surface area contributed by atoms with E-state index in [4.69, 9.17) is 0 Å². The Morgan fingerprint density at radius 2 is 1.65 bits per heavy atom. The van der Waals surface area contributed by atoms with Crippen LogP contribution in [0, 0.1) is 5.92 Å². The van der Waals surface area contributed by atoms with Crippen LogP contribution < -0.4 is 5.32 Å². The Morgan fingerprint density at radius 1 is 1.00 bits per heavy atom. The third kappa shape index (κ3) is 4.05. The summed E-state index contributed by atoms with van der Waals surface area (Å²) in [6.45, 7) is 2.99. The SMILES string of the molecule is O=C(Nc1ccc(Br)cc1)[C@H]1CCCN(C(=O)N2CCCC2)C1. The van der Waals surface area contributed by atoms with Gasteiger partial charge in [-0.3, -0.25) is 4.79 Å². The van der Waals surface area contributed by atoms with Crippen LogP contribution in [0.25, 0.3) is 0 Å². The predicted molar refractivity (Wildman–Crippen MR) is 93.3 cm³/mol. The van der Waals surface area contributed by atoms with Gasteiger partial charge >= 0.3 is 6.03 Å². The number of halogens is 1. The van der Waals surface area contributed by atoms with Crippen LogP contribution in [0.3, 0.4) is 0 Å². The Hall–Kier alpha value is -1.56. The first kappa shape index (κ1) is 16.3. The number of nitrogens with one attached hydrogen (secondary N) is 1. The zero-order valence-corrected chi connectivity index (χ0v) is 14.7. The minimum absolute atomic E-state index is 0.00578. The van der Waals surface area contributed by atoms with Crippen molar-refractivity contribution in [2.24, 2.45) is 5.92 Å². The van der Waals surface area contributed by atoms with Crippen molar-refractivity contribution >= 4 is 33.6 Å². The third-order valence-corrected chi connectivity index (χ3v) is 5.08. The zero-order chi connectivity index (χ0) is 16.2. The molecule has 0 aliphatic carbocycles. The minimum Gasteiger partial charge on any atom is -0.326 e. The van der Waals surface area contributed by atoms with Gasteiger partial charge in [0.05, 0.1) is 5.92 Å². The number of piperidine rings is 1. The number of anilines is 1. The average molecular weight is 380 g/mol. The number of rotatable bonds is 2. The molecule has 2 aliphatic rings. The van der Waals surface area contributed by atoms with E-state index in [9.17, 15) is 9.59 Å². The van der Waals surface area contributed by atoms with Crippen molar-refractivity contribution in [3.05, 3.63) is 28.7 Å². The Morgan fingerprint density at radius 3 is 2.35 bits per heavy atom. The molecule has 1 atom stereocenters. The van der Waals surface area contributed by atoms with E-state index in [0.29, 0.717) is 6.54 Å². The number of benzene rings is 1. The standard InChI is InChI=1S/C17H22BrN3O2/c18-14-5-7-15(8-6-14)19-16(22)13-4-3-11-21(12-13)17(23)20-9-1-2-10-20/h5-8,13H,1-4,9-12H2,(H,19,22)/t13-/m0/s1. The van der Waals surface area contributed by atoms with Gasteiger partial charge in [-0.2, -0.15) is 0 Å². The van der Waals surface area contributed by atoms with Gasteiger partial charge in [-0.05, 0) is 49.9 Å².